The first kappa shape index (κ1) is 22.4. The average molecular weight is 371 g/mol. The van der Waals surface area contributed by atoms with Crippen LogP contribution >= 0.6 is 0 Å². The van der Waals surface area contributed by atoms with E-state index in [1.165, 1.54) is 12.1 Å². The second-order valence-corrected chi connectivity index (χ2v) is 5.56. The van der Waals surface area contributed by atoms with Gasteiger partial charge in [-0.15, -0.1) is 0 Å². The lowest BCUT2D eigenvalue weighted by atomic mass is 10.1. The van der Waals surface area contributed by atoms with Crippen LogP contribution in [0.4, 0.5) is 4.39 Å². The fourth-order valence-corrected chi connectivity index (χ4v) is 2.95. The van der Waals surface area contributed by atoms with Gasteiger partial charge in [-0.1, -0.05) is 64.1 Å². The molecular weight excluding hydrogens is 339 g/mol. The highest BCUT2D eigenvalue weighted by Crippen LogP contribution is 2.28. The minimum absolute atomic E-state index is 0.0892. The third-order valence-electron chi connectivity index (χ3n) is 4.05. The van der Waals surface area contributed by atoms with Crippen LogP contribution in [-0.4, -0.2) is 17.0 Å². The summed E-state index contributed by atoms with van der Waals surface area (Å²) in [6.07, 6.45) is 1.77. The highest BCUT2D eigenvalue weighted by atomic mass is 19.1. The maximum absolute atomic E-state index is 13.3. The summed E-state index contributed by atoms with van der Waals surface area (Å²) in [4.78, 5) is 12.0. The molecule has 0 radical (unpaired) electrons. The Balaban J connectivity index is 0.000000306. The van der Waals surface area contributed by atoms with Gasteiger partial charge in [-0.25, -0.2) is 4.39 Å². The standard InChI is InChI=1S/C13H13FN2O.C6H6.2C2H6/c1-16-10-5-4-8(14)7-9(10)12-11(16)3-2-6-15-13(12)17;1-2-4-6-5-3-1;2*1-2/h4-5,7H,2-3,6H2,1H3,(H,15,17);1-6H;2*1-2H3. The molecule has 3 aromatic rings. The Hall–Kier alpha value is -2.62. The van der Waals surface area contributed by atoms with E-state index >= 15 is 0 Å². The van der Waals surface area contributed by atoms with Crippen LogP contribution in [0.5, 0.6) is 0 Å². The molecule has 2 heterocycles. The van der Waals surface area contributed by atoms with Crippen LogP contribution in [0.25, 0.3) is 10.9 Å². The molecule has 4 heteroatoms. The molecule has 0 unspecified atom stereocenters. The minimum atomic E-state index is -0.303. The number of fused-ring (bicyclic) bond motifs is 3. The minimum Gasteiger partial charge on any atom is -0.352 e. The zero-order valence-electron chi connectivity index (χ0n) is 17.1. The number of rotatable bonds is 0. The van der Waals surface area contributed by atoms with E-state index in [1.54, 1.807) is 6.07 Å². The first-order chi connectivity index (χ1) is 13.2. The lowest BCUT2D eigenvalue weighted by molar-refractivity contribution is 0.0957. The third-order valence-corrected chi connectivity index (χ3v) is 4.05. The molecule has 0 bridgehead atoms. The lowest BCUT2D eigenvalue weighted by Crippen LogP contribution is -2.22. The number of halogens is 1. The van der Waals surface area contributed by atoms with E-state index in [1.807, 2.05) is 75.7 Å². The topological polar surface area (TPSA) is 34.0 Å². The predicted molar refractivity (Wildman–Crippen MR) is 113 cm³/mol. The van der Waals surface area contributed by atoms with E-state index in [9.17, 15) is 9.18 Å². The largest absolute Gasteiger partial charge is 0.352 e. The normalized spacial score (nSPS) is 12.0. The SMILES string of the molecule is CC.CC.Cn1c2c(c3cc(F)ccc31)C(=O)NCCC2.c1ccccc1. The zero-order valence-corrected chi connectivity index (χ0v) is 17.1. The van der Waals surface area contributed by atoms with Crippen LogP contribution in [0, 0.1) is 5.82 Å². The number of nitrogens with zero attached hydrogens (tertiary/aromatic N) is 1. The number of carbonyl (C=O) groups excluding carboxylic acids is 1. The second-order valence-electron chi connectivity index (χ2n) is 5.56. The first-order valence-corrected chi connectivity index (χ1v) is 9.73. The number of benzene rings is 2. The molecule has 0 atom stereocenters. The highest BCUT2D eigenvalue weighted by Gasteiger charge is 2.23. The molecule has 1 N–H and O–H groups in total. The molecule has 0 spiro atoms. The quantitative estimate of drug-likeness (QED) is 0.538. The Morgan fingerprint density at radius 2 is 1.52 bits per heavy atom. The van der Waals surface area contributed by atoms with Gasteiger partial charge >= 0.3 is 0 Å². The van der Waals surface area contributed by atoms with Crippen molar-refractivity contribution in [1.29, 1.82) is 0 Å². The molecule has 1 aromatic heterocycles. The second kappa shape index (κ2) is 11.9. The Morgan fingerprint density at radius 1 is 0.963 bits per heavy atom. The van der Waals surface area contributed by atoms with Crippen LogP contribution < -0.4 is 5.32 Å². The summed E-state index contributed by atoms with van der Waals surface area (Å²) in [5.41, 5.74) is 2.55. The van der Waals surface area contributed by atoms with Crippen molar-refractivity contribution in [2.75, 3.05) is 6.54 Å². The third kappa shape index (κ3) is 5.68. The Kier molecular flexibility index (Phi) is 9.88. The van der Waals surface area contributed by atoms with Gasteiger partial charge < -0.3 is 9.88 Å². The van der Waals surface area contributed by atoms with Gasteiger partial charge in [0.25, 0.3) is 5.91 Å². The Labute approximate surface area is 162 Å². The van der Waals surface area contributed by atoms with Crippen LogP contribution in [0.15, 0.2) is 54.6 Å². The number of aromatic nitrogens is 1. The van der Waals surface area contributed by atoms with E-state index in [2.05, 4.69) is 5.32 Å². The van der Waals surface area contributed by atoms with Crippen molar-refractivity contribution in [2.24, 2.45) is 7.05 Å². The number of carbonyl (C=O) groups is 1. The molecule has 27 heavy (non-hydrogen) atoms. The zero-order chi connectivity index (χ0) is 20.2. The lowest BCUT2D eigenvalue weighted by Gasteiger charge is -2.02. The van der Waals surface area contributed by atoms with Crippen molar-refractivity contribution in [3.63, 3.8) is 0 Å². The van der Waals surface area contributed by atoms with E-state index < -0.39 is 0 Å². The van der Waals surface area contributed by atoms with Crippen LogP contribution in [0.1, 0.15) is 50.2 Å². The van der Waals surface area contributed by atoms with Crippen LogP contribution in [-0.2, 0) is 13.5 Å². The van der Waals surface area contributed by atoms with Crippen LogP contribution in [0.3, 0.4) is 0 Å². The van der Waals surface area contributed by atoms with Crippen molar-refractivity contribution >= 4 is 16.8 Å². The number of aryl methyl sites for hydroxylation is 1. The van der Waals surface area contributed by atoms with E-state index in [4.69, 9.17) is 0 Å². The molecule has 3 nitrogen and oxygen atoms in total. The van der Waals surface area contributed by atoms with Crippen molar-refractivity contribution in [3.05, 3.63) is 71.7 Å². The molecule has 0 saturated heterocycles. The number of nitrogens with one attached hydrogen (secondary N) is 1. The summed E-state index contributed by atoms with van der Waals surface area (Å²) < 4.78 is 15.3. The van der Waals surface area contributed by atoms with Gasteiger partial charge in [-0.2, -0.15) is 0 Å². The fraction of sp³-hybridized carbons (Fsp3) is 0.348. The summed E-state index contributed by atoms with van der Waals surface area (Å²) in [7, 11) is 1.93. The molecule has 0 saturated carbocycles. The Bertz CT molecular complexity index is 799. The van der Waals surface area contributed by atoms with Gasteiger partial charge in [-0.3, -0.25) is 4.79 Å². The smallest absolute Gasteiger partial charge is 0.253 e. The molecule has 0 aliphatic carbocycles. The summed E-state index contributed by atoms with van der Waals surface area (Å²) >= 11 is 0. The van der Waals surface area contributed by atoms with E-state index in [-0.39, 0.29) is 11.7 Å². The number of hydrogen-bond donors (Lipinski definition) is 1. The molecule has 4 rings (SSSR count). The van der Waals surface area contributed by atoms with Crippen LogP contribution in [0.2, 0.25) is 0 Å². The molecule has 1 aliphatic heterocycles. The number of hydrogen-bond acceptors (Lipinski definition) is 1. The van der Waals surface area contributed by atoms with E-state index in [0.717, 1.165) is 24.1 Å². The van der Waals surface area contributed by atoms with Gasteiger partial charge in [0.05, 0.1) is 5.56 Å². The average Bonchev–Trinajstić information content (AvgIpc) is 2.87. The maximum atomic E-state index is 13.3. The van der Waals surface area contributed by atoms with Crippen molar-refractivity contribution in [2.45, 2.75) is 40.5 Å². The summed E-state index contributed by atoms with van der Waals surface area (Å²) in [6, 6.07) is 16.6. The Morgan fingerprint density at radius 3 is 2.07 bits per heavy atom. The molecule has 2 aromatic carbocycles. The monoisotopic (exact) mass is 370 g/mol. The van der Waals surface area contributed by atoms with Crippen molar-refractivity contribution in [1.82, 2.24) is 9.88 Å². The summed E-state index contributed by atoms with van der Waals surface area (Å²) in [5.74, 6) is -0.392. The van der Waals surface area contributed by atoms with E-state index in [0.29, 0.717) is 17.5 Å². The van der Waals surface area contributed by atoms with Gasteiger partial charge in [0.1, 0.15) is 5.82 Å². The van der Waals surface area contributed by atoms with Crippen molar-refractivity contribution in [3.8, 4) is 0 Å². The molecule has 1 amide bonds. The molecular formula is C23H31FN2O. The van der Waals surface area contributed by atoms with Crippen molar-refractivity contribution < 1.29 is 9.18 Å². The van der Waals surface area contributed by atoms with Gasteiger partial charge in [-0.05, 0) is 31.0 Å². The highest BCUT2D eigenvalue weighted by molar-refractivity contribution is 6.08. The molecule has 146 valence electrons. The van der Waals surface area contributed by atoms with Gasteiger partial charge in [0, 0.05) is 30.2 Å². The maximum Gasteiger partial charge on any atom is 0.253 e. The summed E-state index contributed by atoms with van der Waals surface area (Å²) in [6.45, 7) is 8.68. The predicted octanol–water partition coefficient (Wildman–Crippen LogP) is 5.73. The molecule has 0 fully saturated rings. The van der Waals surface area contributed by atoms with Gasteiger partial charge in [0.15, 0.2) is 0 Å². The molecule has 1 aliphatic rings. The first-order valence-electron chi connectivity index (χ1n) is 9.73. The number of amides is 1. The fourth-order valence-electron chi connectivity index (χ4n) is 2.95. The van der Waals surface area contributed by atoms with Gasteiger partial charge in [0.2, 0.25) is 0 Å². The summed E-state index contributed by atoms with van der Waals surface area (Å²) in [5, 5.41) is 3.56.